The molecule has 0 saturated heterocycles. The molecule has 2 aromatic rings. The molecule has 1 unspecified atom stereocenters. The molecule has 24 heavy (non-hydrogen) atoms. The monoisotopic (exact) mass is 322 g/mol. The number of anilines is 2. The average Bonchev–Trinajstić information content (AvgIpc) is 2.57. The highest BCUT2D eigenvalue weighted by atomic mass is 16.2. The first kappa shape index (κ1) is 16.2. The Morgan fingerprint density at radius 2 is 1.71 bits per heavy atom. The van der Waals surface area contributed by atoms with Crippen LogP contribution in [0.3, 0.4) is 0 Å². The van der Waals surface area contributed by atoms with Gasteiger partial charge >= 0.3 is 0 Å². The van der Waals surface area contributed by atoms with Crippen molar-refractivity contribution in [2.75, 3.05) is 10.6 Å². The van der Waals surface area contributed by atoms with Crippen LogP contribution in [0.5, 0.6) is 0 Å². The van der Waals surface area contributed by atoms with E-state index in [1.807, 2.05) is 37.3 Å². The predicted molar refractivity (Wildman–Crippen MR) is 96.2 cm³/mol. The fourth-order valence-corrected chi connectivity index (χ4v) is 3.34. The molecule has 0 aliphatic heterocycles. The van der Waals surface area contributed by atoms with E-state index in [-0.39, 0.29) is 17.7 Å². The average molecular weight is 322 g/mol. The van der Waals surface area contributed by atoms with Crippen LogP contribution >= 0.6 is 0 Å². The van der Waals surface area contributed by atoms with Crippen LogP contribution in [-0.4, -0.2) is 11.8 Å². The van der Waals surface area contributed by atoms with Gasteiger partial charge < -0.3 is 10.6 Å². The van der Waals surface area contributed by atoms with Crippen molar-refractivity contribution in [3.8, 4) is 0 Å². The van der Waals surface area contributed by atoms with Gasteiger partial charge in [-0.2, -0.15) is 0 Å². The lowest BCUT2D eigenvalue weighted by atomic mass is 9.82. The maximum atomic E-state index is 12.8. The SMILES string of the molecule is CC(=O)Nc1cccc(NC(=O)C2CCCc3ccccc32)c1C. The van der Waals surface area contributed by atoms with Crippen LogP contribution in [-0.2, 0) is 16.0 Å². The van der Waals surface area contributed by atoms with E-state index in [4.69, 9.17) is 0 Å². The zero-order valence-electron chi connectivity index (χ0n) is 14.1. The van der Waals surface area contributed by atoms with Crippen LogP contribution in [0.15, 0.2) is 42.5 Å². The molecule has 4 heteroatoms. The van der Waals surface area contributed by atoms with E-state index in [1.54, 1.807) is 0 Å². The summed E-state index contributed by atoms with van der Waals surface area (Å²) in [4.78, 5) is 24.1. The number of carbonyl (C=O) groups is 2. The molecule has 1 aliphatic rings. The number of benzene rings is 2. The normalized spacial score (nSPS) is 16.2. The number of amides is 2. The number of hydrogen-bond acceptors (Lipinski definition) is 2. The van der Waals surface area contributed by atoms with Crippen LogP contribution in [0.4, 0.5) is 11.4 Å². The summed E-state index contributed by atoms with van der Waals surface area (Å²) in [5.74, 6) is -0.216. The summed E-state index contributed by atoms with van der Waals surface area (Å²) >= 11 is 0. The molecule has 1 atom stereocenters. The number of aryl methyl sites for hydroxylation is 1. The van der Waals surface area contributed by atoms with Crippen molar-refractivity contribution in [2.45, 2.75) is 39.0 Å². The Labute approximate surface area is 142 Å². The number of fused-ring (bicyclic) bond motifs is 1. The summed E-state index contributed by atoms with van der Waals surface area (Å²) in [6.07, 6.45) is 2.93. The van der Waals surface area contributed by atoms with Crippen molar-refractivity contribution < 1.29 is 9.59 Å². The van der Waals surface area contributed by atoms with Crippen molar-refractivity contribution in [1.29, 1.82) is 0 Å². The van der Waals surface area contributed by atoms with Gasteiger partial charge in [0.1, 0.15) is 0 Å². The summed E-state index contributed by atoms with van der Waals surface area (Å²) in [6, 6.07) is 13.7. The third-order valence-corrected chi connectivity index (χ3v) is 4.59. The number of carbonyl (C=O) groups excluding carboxylic acids is 2. The predicted octanol–water partition coefficient (Wildman–Crippen LogP) is 4.01. The maximum absolute atomic E-state index is 12.8. The van der Waals surface area contributed by atoms with E-state index >= 15 is 0 Å². The van der Waals surface area contributed by atoms with Crippen molar-refractivity contribution in [2.24, 2.45) is 0 Å². The summed E-state index contributed by atoms with van der Waals surface area (Å²) in [7, 11) is 0. The first-order valence-corrected chi connectivity index (χ1v) is 8.32. The van der Waals surface area contributed by atoms with Crippen LogP contribution in [0, 0.1) is 6.92 Å². The Bertz CT molecular complexity index is 783. The topological polar surface area (TPSA) is 58.2 Å². The molecule has 0 radical (unpaired) electrons. The minimum Gasteiger partial charge on any atom is -0.326 e. The van der Waals surface area contributed by atoms with E-state index in [9.17, 15) is 9.59 Å². The molecular formula is C20H22N2O2. The minimum atomic E-state index is -0.122. The van der Waals surface area contributed by atoms with Crippen LogP contribution < -0.4 is 10.6 Å². The Morgan fingerprint density at radius 3 is 2.46 bits per heavy atom. The van der Waals surface area contributed by atoms with E-state index < -0.39 is 0 Å². The highest BCUT2D eigenvalue weighted by molar-refractivity contribution is 5.98. The fraction of sp³-hybridized carbons (Fsp3) is 0.300. The van der Waals surface area contributed by atoms with Gasteiger partial charge in [0.15, 0.2) is 0 Å². The zero-order valence-corrected chi connectivity index (χ0v) is 14.1. The molecule has 0 aromatic heterocycles. The van der Waals surface area contributed by atoms with E-state index in [0.29, 0.717) is 0 Å². The van der Waals surface area contributed by atoms with E-state index in [0.717, 1.165) is 41.8 Å². The number of rotatable bonds is 3. The summed E-state index contributed by atoms with van der Waals surface area (Å²) in [6.45, 7) is 3.37. The molecule has 0 spiro atoms. The standard InChI is InChI=1S/C20H22N2O2/c1-13-18(21-14(2)23)11-6-12-19(13)22-20(24)17-10-5-8-15-7-3-4-9-16(15)17/h3-4,6-7,9,11-12,17H,5,8,10H2,1-2H3,(H,21,23)(H,22,24). The van der Waals surface area contributed by atoms with Crippen molar-refractivity contribution in [3.05, 3.63) is 59.2 Å². The van der Waals surface area contributed by atoms with Crippen LogP contribution in [0.2, 0.25) is 0 Å². The van der Waals surface area contributed by atoms with E-state index in [2.05, 4.69) is 22.8 Å². The molecule has 1 aliphatic carbocycles. The molecule has 0 saturated carbocycles. The van der Waals surface area contributed by atoms with Crippen molar-refractivity contribution in [1.82, 2.24) is 0 Å². The molecule has 0 bridgehead atoms. The molecule has 3 rings (SSSR count). The molecule has 4 nitrogen and oxygen atoms in total. The van der Waals surface area contributed by atoms with Gasteiger partial charge in [0.05, 0.1) is 5.92 Å². The van der Waals surface area contributed by atoms with Gasteiger partial charge in [-0.15, -0.1) is 0 Å². The highest BCUT2D eigenvalue weighted by Gasteiger charge is 2.26. The van der Waals surface area contributed by atoms with Gasteiger partial charge in [-0.1, -0.05) is 30.3 Å². The smallest absolute Gasteiger partial charge is 0.231 e. The Kier molecular flexibility index (Phi) is 4.65. The minimum absolute atomic E-state index is 0.0187. The quantitative estimate of drug-likeness (QED) is 0.897. The first-order valence-electron chi connectivity index (χ1n) is 8.32. The van der Waals surface area contributed by atoms with Gasteiger partial charge in [-0.25, -0.2) is 0 Å². The number of nitrogens with one attached hydrogen (secondary N) is 2. The summed E-state index contributed by atoms with van der Waals surface area (Å²) in [5.41, 5.74) is 4.74. The molecule has 0 fully saturated rings. The zero-order chi connectivity index (χ0) is 17.1. The molecule has 0 heterocycles. The van der Waals surface area contributed by atoms with Crippen molar-refractivity contribution in [3.63, 3.8) is 0 Å². The lowest BCUT2D eigenvalue weighted by Crippen LogP contribution is -2.25. The Balaban J connectivity index is 1.82. The largest absolute Gasteiger partial charge is 0.326 e. The summed E-state index contributed by atoms with van der Waals surface area (Å²) in [5, 5.41) is 5.84. The van der Waals surface area contributed by atoms with Crippen LogP contribution in [0.25, 0.3) is 0 Å². The van der Waals surface area contributed by atoms with Crippen LogP contribution in [0.1, 0.15) is 42.4 Å². The molecule has 2 amide bonds. The van der Waals surface area contributed by atoms with Gasteiger partial charge in [0.25, 0.3) is 0 Å². The van der Waals surface area contributed by atoms with Gasteiger partial charge in [-0.3, -0.25) is 9.59 Å². The third-order valence-electron chi connectivity index (χ3n) is 4.59. The summed E-state index contributed by atoms with van der Waals surface area (Å²) < 4.78 is 0. The third kappa shape index (κ3) is 3.32. The first-order chi connectivity index (χ1) is 11.6. The fourth-order valence-electron chi connectivity index (χ4n) is 3.34. The Morgan fingerprint density at radius 1 is 1.00 bits per heavy atom. The second-order valence-corrected chi connectivity index (χ2v) is 6.29. The molecule has 2 aromatic carbocycles. The lowest BCUT2D eigenvalue weighted by Gasteiger charge is -2.25. The lowest BCUT2D eigenvalue weighted by molar-refractivity contribution is -0.118. The van der Waals surface area contributed by atoms with Gasteiger partial charge in [0.2, 0.25) is 11.8 Å². The Hall–Kier alpha value is -2.62. The second kappa shape index (κ2) is 6.87. The molecule has 124 valence electrons. The van der Waals surface area contributed by atoms with E-state index in [1.165, 1.54) is 12.5 Å². The second-order valence-electron chi connectivity index (χ2n) is 6.29. The molecule has 2 N–H and O–H groups in total. The number of hydrogen-bond donors (Lipinski definition) is 2. The maximum Gasteiger partial charge on any atom is 0.231 e. The van der Waals surface area contributed by atoms with Crippen molar-refractivity contribution >= 4 is 23.2 Å². The van der Waals surface area contributed by atoms with Gasteiger partial charge in [-0.05, 0) is 55.0 Å². The molecular weight excluding hydrogens is 300 g/mol. The van der Waals surface area contributed by atoms with Gasteiger partial charge in [0, 0.05) is 18.3 Å². The highest BCUT2D eigenvalue weighted by Crippen LogP contribution is 2.33.